The number of nitrogens with one attached hydrogen (secondary N) is 1. The minimum absolute atomic E-state index is 0.255. The van der Waals surface area contributed by atoms with Crippen LogP contribution in [-0.4, -0.2) is 17.0 Å². The molecule has 1 heterocycles. The SMILES string of the molecule is Cc1cc(C(=O)Nc2ccccc2)c2ccc(-c3ccc([C@H]4CC[C@H](CC(=O)O)CC4)cc3)cc2[n+]1[O-]. The molecule has 1 aromatic heterocycles. The Hall–Kier alpha value is -4.19. The van der Waals surface area contributed by atoms with Gasteiger partial charge in [-0.05, 0) is 72.4 Å². The van der Waals surface area contributed by atoms with Gasteiger partial charge in [0, 0.05) is 31.2 Å². The number of hydrogen-bond donors (Lipinski definition) is 2. The normalized spacial score (nSPS) is 17.4. The summed E-state index contributed by atoms with van der Waals surface area (Å²) < 4.78 is 0.877. The maximum Gasteiger partial charge on any atom is 0.303 e. The van der Waals surface area contributed by atoms with Crippen molar-refractivity contribution in [2.24, 2.45) is 5.92 Å². The van der Waals surface area contributed by atoms with Crippen molar-refractivity contribution >= 4 is 28.5 Å². The monoisotopic (exact) mass is 494 g/mol. The summed E-state index contributed by atoms with van der Waals surface area (Å²) in [5.41, 5.74) is 5.25. The Morgan fingerprint density at radius 3 is 2.27 bits per heavy atom. The van der Waals surface area contributed by atoms with Crippen LogP contribution in [0.1, 0.15) is 59.6 Å². The highest BCUT2D eigenvalue weighted by Crippen LogP contribution is 2.37. The molecule has 37 heavy (non-hydrogen) atoms. The lowest BCUT2D eigenvalue weighted by molar-refractivity contribution is -0.584. The molecule has 0 aliphatic heterocycles. The Kier molecular flexibility index (Phi) is 6.91. The molecule has 1 saturated carbocycles. The second kappa shape index (κ2) is 10.4. The van der Waals surface area contributed by atoms with E-state index in [0.29, 0.717) is 33.8 Å². The van der Waals surface area contributed by atoms with Crippen LogP contribution in [0.3, 0.4) is 0 Å². The number of carbonyl (C=O) groups excluding carboxylic acids is 1. The summed E-state index contributed by atoms with van der Waals surface area (Å²) >= 11 is 0. The molecular weight excluding hydrogens is 464 g/mol. The molecule has 6 heteroatoms. The maximum absolute atomic E-state index is 13.1. The van der Waals surface area contributed by atoms with Crippen LogP contribution in [0, 0.1) is 18.0 Å². The second-order valence-corrected chi connectivity index (χ2v) is 9.98. The van der Waals surface area contributed by atoms with Gasteiger partial charge in [0.1, 0.15) is 0 Å². The third kappa shape index (κ3) is 5.33. The van der Waals surface area contributed by atoms with Crippen molar-refractivity contribution in [3.05, 3.63) is 101 Å². The smallest absolute Gasteiger partial charge is 0.303 e. The number of anilines is 1. The summed E-state index contributed by atoms with van der Waals surface area (Å²) in [7, 11) is 0. The minimum Gasteiger partial charge on any atom is -0.618 e. The molecule has 1 fully saturated rings. The van der Waals surface area contributed by atoms with Crippen LogP contribution in [0.25, 0.3) is 22.0 Å². The van der Waals surface area contributed by atoms with Crippen molar-refractivity contribution in [2.45, 2.75) is 44.9 Å². The molecule has 0 spiro atoms. The van der Waals surface area contributed by atoms with Crippen LogP contribution < -0.4 is 10.0 Å². The fourth-order valence-corrected chi connectivity index (χ4v) is 5.44. The number of pyridine rings is 1. The van der Waals surface area contributed by atoms with Gasteiger partial charge in [-0.15, -0.1) is 0 Å². The highest BCUT2D eigenvalue weighted by Gasteiger charge is 2.24. The van der Waals surface area contributed by atoms with E-state index in [0.717, 1.165) is 41.5 Å². The lowest BCUT2D eigenvalue weighted by Gasteiger charge is -2.28. The fraction of sp³-hybridized carbons (Fsp3) is 0.258. The number of amides is 1. The van der Waals surface area contributed by atoms with Gasteiger partial charge in [-0.1, -0.05) is 48.5 Å². The quantitative estimate of drug-likeness (QED) is 0.238. The van der Waals surface area contributed by atoms with E-state index in [1.807, 2.05) is 48.5 Å². The number of nitrogens with zero attached hydrogens (tertiary/aromatic N) is 1. The number of fused-ring (bicyclic) bond motifs is 1. The standard InChI is InChI=1S/C31H30N2O4/c1-20-17-28(31(36)32-26-5-3-2-4-6-26)27-16-15-25(19-29(27)33(20)37)24-13-11-23(12-14-24)22-9-7-21(8-10-22)18-30(34)35/h2-6,11-17,19,21-22H,7-10,18H2,1H3,(H,32,36)(H,34,35)/t21-,22-. The fourth-order valence-electron chi connectivity index (χ4n) is 5.44. The average molecular weight is 495 g/mol. The molecule has 1 aliphatic carbocycles. The number of carbonyl (C=O) groups is 2. The molecule has 6 nitrogen and oxygen atoms in total. The van der Waals surface area contributed by atoms with E-state index in [4.69, 9.17) is 5.11 Å². The van der Waals surface area contributed by atoms with Gasteiger partial charge in [0.25, 0.3) is 5.91 Å². The van der Waals surface area contributed by atoms with Gasteiger partial charge in [0.05, 0.1) is 10.9 Å². The number of benzene rings is 3. The second-order valence-electron chi connectivity index (χ2n) is 9.98. The van der Waals surface area contributed by atoms with E-state index in [1.165, 1.54) is 5.56 Å². The van der Waals surface area contributed by atoms with Crippen molar-refractivity contribution in [2.75, 3.05) is 5.32 Å². The zero-order chi connectivity index (χ0) is 25.9. The van der Waals surface area contributed by atoms with Crippen LogP contribution in [-0.2, 0) is 4.79 Å². The molecule has 0 radical (unpaired) electrons. The van der Waals surface area contributed by atoms with Gasteiger partial charge in [-0.25, -0.2) is 0 Å². The molecule has 0 saturated heterocycles. The lowest BCUT2D eigenvalue weighted by atomic mass is 9.77. The maximum atomic E-state index is 13.1. The lowest BCUT2D eigenvalue weighted by Crippen LogP contribution is -2.32. The van der Waals surface area contributed by atoms with Crippen molar-refractivity contribution in [3.63, 3.8) is 0 Å². The third-order valence-electron chi connectivity index (χ3n) is 7.48. The van der Waals surface area contributed by atoms with E-state index in [9.17, 15) is 14.8 Å². The van der Waals surface area contributed by atoms with E-state index in [-0.39, 0.29) is 18.2 Å². The first-order valence-corrected chi connectivity index (χ1v) is 12.7. The van der Waals surface area contributed by atoms with Crippen molar-refractivity contribution in [3.8, 4) is 11.1 Å². The summed E-state index contributed by atoms with van der Waals surface area (Å²) in [5, 5.41) is 25.5. The number of aryl methyl sites for hydroxylation is 1. The van der Waals surface area contributed by atoms with Gasteiger partial charge >= 0.3 is 5.97 Å². The van der Waals surface area contributed by atoms with Crippen molar-refractivity contribution in [1.29, 1.82) is 0 Å². The molecule has 3 aromatic carbocycles. The zero-order valence-electron chi connectivity index (χ0n) is 20.8. The Morgan fingerprint density at radius 2 is 1.59 bits per heavy atom. The number of rotatable bonds is 6. The molecule has 0 bridgehead atoms. The van der Waals surface area contributed by atoms with E-state index in [1.54, 1.807) is 13.0 Å². The molecule has 0 unspecified atom stereocenters. The number of carboxylic acids is 1. The molecular formula is C31H30N2O4. The van der Waals surface area contributed by atoms with Gasteiger partial charge in [0.15, 0.2) is 5.69 Å². The van der Waals surface area contributed by atoms with Gasteiger partial charge in [-0.2, -0.15) is 4.73 Å². The van der Waals surface area contributed by atoms with Crippen molar-refractivity contribution < 1.29 is 19.4 Å². The number of carboxylic acid groups (broad SMARTS) is 1. The van der Waals surface area contributed by atoms with E-state index >= 15 is 0 Å². The third-order valence-corrected chi connectivity index (χ3v) is 7.48. The molecule has 5 rings (SSSR count). The van der Waals surface area contributed by atoms with E-state index in [2.05, 4.69) is 29.6 Å². The van der Waals surface area contributed by atoms with E-state index < -0.39 is 5.97 Å². The summed E-state index contributed by atoms with van der Waals surface area (Å²) in [5.74, 6) is -0.225. The zero-order valence-corrected chi connectivity index (χ0v) is 20.8. The first kappa shape index (κ1) is 24.5. The average Bonchev–Trinajstić information content (AvgIpc) is 2.91. The van der Waals surface area contributed by atoms with Crippen LogP contribution in [0.15, 0.2) is 78.9 Å². The summed E-state index contributed by atoms with van der Waals surface area (Å²) in [6.07, 6.45) is 4.19. The first-order valence-electron chi connectivity index (χ1n) is 12.7. The highest BCUT2D eigenvalue weighted by atomic mass is 16.5. The Bertz CT molecular complexity index is 1440. The molecule has 1 aliphatic rings. The molecule has 4 aromatic rings. The number of hydrogen-bond acceptors (Lipinski definition) is 3. The molecule has 2 N–H and O–H groups in total. The number of aliphatic carboxylic acids is 1. The van der Waals surface area contributed by atoms with Gasteiger partial charge in [-0.3, -0.25) is 9.59 Å². The number of para-hydroxylation sites is 1. The predicted octanol–water partition coefficient (Wildman–Crippen LogP) is 6.45. The molecule has 0 atom stereocenters. The topological polar surface area (TPSA) is 93.3 Å². The number of aromatic nitrogens is 1. The Labute approximate surface area is 216 Å². The Morgan fingerprint density at radius 1 is 0.919 bits per heavy atom. The van der Waals surface area contributed by atoms with Crippen molar-refractivity contribution in [1.82, 2.24) is 0 Å². The predicted molar refractivity (Wildman–Crippen MR) is 144 cm³/mol. The van der Waals surface area contributed by atoms with Crippen LogP contribution in [0.5, 0.6) is 0 Å². The highest BCUT2D eigenvalue weighted by molar-refractivity contribution is 6.12. The Balaban J connectivity index is 1.38. The minimum atomic E-state index is -0.707. The van der Waals surface area contributed by atoms with Crippen LogP contribution >= 0.6 is 0 Å². The largest absolute Gasteiger partial charge is 0.618 e. The van der Waals surface area contributed by atoms with Crippen LogP contribution in [0.2, 0.25) is 0 Å². The summed E-state index contributed by atoms with van der Waals surface area (Å²) in [6, 6.07) is 25.0. The van der Waals surface area contributed by atoms with Gasteiger partial charge in [0.2, 0.25) is 5.52 Å². The summed E-state index contributed by atoms with van der Waals surface area (Å²) in [6.45, 7) is 1.71. The first-order chi connectivity index (χ1) is 17.9. The van der Waals surface area contributed by atoms with Crippen LogP contribution in [0.4, 0.5) is 5.69 Å². The molecule has 1 amide bonds. The summed E-state index contributed by atoms with van der Waals surface area (Å²) in [4.78, 5) is 24.1. The van der Waals surface area contributed by atoms with Gasteiger partial charge < -0.3 is 15.6 Å². The molecule has 188 valence electrons.